The summed E-state index contributed by atoms with van der Waals surface area (Å²) in [5.74, 6) is 1.55. The van der Waals surface area contributed by atoms with Gasteiger partial charge in [0, 0.05) is 17.1 Å². The minimum Gasteiger partial charge on any atom is -0.359 e. The monoisotopic (exact) mass is 325 g/mol. The second-order valence-corrected chi connectivity index (χ2v) is 7.28. The minimum atomic E-state index is -0.0327. The number of nitrogens with zero attached hydrogens (tertiary/aromatic N) is 2. The maximum atomic E-state index is 11.8. The van der Waals surface area contributed by atoms with Gasteiger partial charge in [-0.3, -0.25) is 4.79 Å². The van der Waals surface area contributed by atoms with Crippen molar-refractivity contribution in [3.05, 3.63) is 28.6 Å². The minimum absolute atomic E-state index is 0.0327. The van der Waals surface area contributed by atoms with Crippen LogP contribution in [-0.2, 0) is 17.8 Å². The van der Waals surface area contributed by atoms with Crippen molar-refractivity contribution in [3.8, 4) is 0 Å². The van der Waals surface area contributed by atoms with Gasteiger partial charge in [-0.05, 0) is 19.3 Å². The molecular weight excluding hydrogens is 306 g/mol. The number of hydrogen-bond donors (Lipinski definition) is 1. The number of aryl methyl sites for hydroxylation is 1. The van der Waals surface area contributed by atoms with E-state index in [4.69, 9.17) is 4.52 Å². The molecule has 0 saturated heterocycles. The molecule has 2 aromatic heterocycles. The Labute approximate surface area is 132 Å². The van der Waals surface area contributed by atoms with Crippen LogP contribution in [0.2, 0.25) is 0 Å². The van der Waals surface area contributed by atoms with Crippen molar-refractivity contribution in [2.24, 2.45) is 5.92 Å². The summed E-state index contributed by atoms with van der Waals surface area (Å²) in [7, 11) is 0. The van der Waals surface area contributed by atoms with Crippen molar-refractivity contribution in [3.63, 3.8) is 0 Å². The Morgan fingerprint density at radius 2 is 2.33 bits per heavy atom. The molecule has 21 heavy (non-hydrogen) atoms. The van der Waals surface area contributed by atoms with Gasteiger partial charge in [0.25, 0.3) is 0 Å². The predicted molar refractivity (Wildman–Crippen MR) is 84.5 cm³/mol. The maximum absolute atomic E-state index is 11.8. The average molecular weight is 325 g/mol. The molecule has 1 N–H and O–H groups in total. The fourth-order valence-electron chi connectivity index (χ4n) is 1.72. The molecule has 2 rings (SSSR count). The van der Waals surface area contributed by atoms with E-state index < -0.39 is 0 Å². The summed E-state index contributed by atoms with van der Waals surface area (Å²) in [5.41, 5.74) is 1.92. The number of nitrogens with one attached hydrogen (secondary N) is 1. The summed E-state index contributed by atoms with van der Waals surface area (Å²) in [6.45, 7) is 6.59. The Morgan fingerprint density at radius 3 is 3.00 bits per heavy atom. The topological polar surface area (TPSA) is 68.0 Å². The molecule has 7 heteroatoms. The van der Waals surface area contributed by atoms with Gasteiger partial charge in [0.15, 0.2) is 10.1 Å². The second-order valence-electron chi connectivity index (χ2n) is 5.20. The van der Waals surface area contributed by atoms with Gasteiger partial charge in [0.1, 0.15) is 0 Å². The smallest absolute Gasteiger partial charge is 0.230 e. The van der Waals surface area contributed by atoms with Gasteiger partial charge in [0.2, 0.25) is 5.91 Å². The molecule has 0 bridgehead atoms. The highest BCUT2D eigenvalue weighted by atomic mass is 32.2. The van der Waals surface area contributed by atoms with E-state index in [9.17, 15) is 4.79 Å². The normalized spacial score (nSPS) is 11.0. The molecule has 0 aliphatic carbocycles. The maximum Gasteiger partial charge on any atom is 0.230 e. The quantitative estimate of drug-likeness (QED) is 0.793. The van der Waals surface area contributed by atoms with Gasteiger partial charge in [-0.1, -0.05) is 30.8 Å². The fourth-order valence-corrected chi connectivity index (χ4v) is 3.40. The number of carbonyl (C=O) groups excluding carboxylic acids is 1. The van der Waals surface area contributed by atoms with Crippen LogP contribution in [0.3, 0.4) is 0 Å². The third kappa shape index (κ3) is 5.51. The van der Waals surface area contributed by atoms with Crippen molar-refractivity contribution in [2.75, 3.05) is 5.75 Å². The number of hydrogen-bond acceptors (Lipinski definition) is 6. The molecule has 0 saturated carbocycles. The zero-order valence-electron chi connectivity index (χ0n) is 12.4. The Morgan fingerprint density at radius 1 is 1.52 bits per heavy atom. The second kappa shape index (κ2) is 7.61. The van der Waals surface area contributed by atoms with E-state index in [1.165, 1.54) is 11.8 Å². The van der Waals surface area contributed by atoms with Crippen molar-refractivity contribution in [1.82, 2.24) is 15.5 Å². The van der Waals surface area contributed by atoms with Crippen molar-refractivity contribution in [1.29, 1.82) is 0 Å². The summed E-state index contributed by atoms with van der Waals surface area (Å²) in [6, 6.07) is 1.90. The molecule has 0 aliphatic rings. The zero-order valence-corrected chi connectivity index (χ0v) is 14.0. The van der Waals surface area contributed by atoms with Gasteiger partial charge < -0.3 is 9.84 Å². The summed E-state index contributed by atoms with van der Waals surface area (Å²) >= 11 is 3.01. The van der Waals surface area contributed by atoms with Gasteiger partial charge in [0.05, 0.1) is 18.0 Å². The zero-order chi connectivity index (χ0) is 15.2. The van der Waals surface area contributed by atoms with Crippen LogP contribution in [0.5, 0.6) is 0 Å². The molecule has 0 atom stereocenters. The molecule has 2 heterocycles. The molecule has 114 valence electrons. The van der Waals surface area contributed by atoms with E-state index in [1.54, 1.807) is 11.3 Å². The van der Waals surface area contributed by atoms with Crippen LogP contribution >= 0.6 is 23.1 Å². The van der Waals surface area contributed by atoms with Gasteiger partial charge in [-0.2, -0.15) is 0 Å². The Balaban J connectivity index is 1.72. The van der Waals surface area contributed by atoms with Gasteiger partial charge in [-0.15, -0.1) is 11.3 Å². The number of rotatable bonds is 7. The average Bonchev–Trinajstić information content (AvgIpc) is 3.02. The van der Waals surface area contributed by atoms with E-state index in [1.807, 2.05) is 18.4 Å². The van der Waals surface area contributed by atoms with E-state index in [-0.39, 0.29) is 5.91 Å². The van der Waals surface area contributed by atoms with E-state index in [0.717, 1.165) is 22.1 Å². The summed E-state index contributed by atoms with van der Waals surface area (Å²) < 4.78 is 6.12. The van der Waals surface area contributed by atoms with Crippen molar-refractivity contribution in [2.45, 2.75) is 38.1 Å². The highest BCUT2D eigenvalue weighted by Crippen LogP contribution is 2.21. The lowest BCUT2D eigenvalue weighted by Gasteiger charge is -2.01. The Bertz CT molecular complexity index is 593. The van der Waals surface area contributed by atoms with Crippen LogP contribution in [-0.4, -0.2) is 21.8 Å². The predicted octanol–water partition coefficient (Wildman–Crippen LogP) is 3.05. The summed E-state index contributed by atoms with van der Waals surface area (Å²) in [6.07, 6.45) is 0.886. The highest BCUT2D eigenvalue weighted by Gasteiger charge is 2.09. The molecule has 0 radical (unpaired) electrons. The van der Waals surface area contributed by atoms with Crippen molar-refractivity contribution >= 4 is 29.0 Å². The largest absolute Gasteiger partial charge is 0.359 e. The Hall–Kier alpha value is -1.34. The number of carbonyl (C=O) groups is 1. The van der Waals surface area contributed by atoms with E-state index in [0.29, 0.717) is 24.0 Å². The van der Waals surface area contributed by atoms with Gasteiger partial charge in [-0.25, -0.2) is 4.98 Å². The molecule has 1 amide bonds. The van der Waals surface area contributed by atoms with Crippen LogP contribution in [0.1, 0.15) is 31.0 Å². The Kier molecular flexibility index (Phi) is 5.81. The first-order valence-electron chi connectivity index (χ1n) is 6.79. The standard InChI is InChI=1S/C14H19N3O2S2/c1-9(2)4-11-5-12(19-17-11)6-15-13(18)8-21-14-16-10(3)7-20-14/h5,7,9H,4,6,8H2,1-3H3,(H,15,18). The molecule has 5 nitrogen and oxygen atoms in total. The SMILES string of the molecule is Cc1csc(SCC(=O)NCc2cc(CC(C)C)no2)n1. The summed E-state index contributed by atoms with van der Waals surface area (Å²) in [4.78, 5) is 16.1. The summed E-state index contributed by atoms with van der Waals surface area (Å²) in [5, 5.41) is 8.79. The highest BCUT2D eigenvalue weighted by molar-refractivity contribution is 8.01. The molecule has 0 aromatic carbocycles. The fraction of sp³-hybridized carbons (Fsp3) is 0.500. The van der Waals surface area contributed by atoms with Crippen LogP contribution in [0.15, 0.2) is 20.3 Å². The lowest BCUT2D eigenvalue weighted by atomic mass is 10.1. The first-order chi connectivity index (χ1) is 10.0. The number of thioether (sulfide) groups is 1. The van der Waals surface area contributed by atoms with Crippen LogP contribution in [0, 0.1) is 12.8 Å². The number of thiazole rings is 1. The molecule has 0 unspecified atom stereocenters. The molecule has 2 aromatic rings. The molecule has 0 fully saturated rings. The van der Waals surface area contributed by atoms with Gasteiger partial charge >= 0.3 is 0 Å². The molecule has 0 spiro atoms. The molecule has 0 aliphatic heterocycles. The lowest BCUT2D eigenvalue weighted by Crippen LogP contribution is -2.24. The first-order valence-corrected chi connectivity index (χ1v) is 8.65. The van der Waals surface area contributed by atoms with E-state index in [2.05, 4.69) is 29.3 Å². The first kappa shape index (κ1) is 16.0. The van der Waals surface area contributed by atoms with Crippen LogP contribution < -0.4 is 5.32 Å². The molecular formula is C14H19N3O2S2. The van der Waals surface area contributed by atoms with Crippen LogP contribution in [0.4, 0.5) is 0 Å². The third-order valence-corrected chi connectivity index (χ3v) is 4.75. The lowest BCUT2D eigenvalue weighted by molar-refractivity contribution is -0.118. The van der Waals surface area contributed by atoms with E-state index >= 15 is 0 Å². The number of amides is 1. The number of aromatic nitrogens is 2. The van der Waals surface area contributed by atoms with Crippen molar-refractivity contribution < 1.29 is 9.32 Å². The van der Waals surface area contributed by atoms with Crippen LogP contribution in [0.25, 0.3) is 0 Å². The third-order valence-electron chi connectivity index (χ3n) is 2.61.